The van der Waals surface area contributed by atoms with Crippen LogP contribution in [0.3, 0.4) is 0 Å². The second-order valence-corrected chi connectivity index (χ2v) is 5.42. The zero-order valence-electron chi connectivity index (χ0n) is 12.0. The van der Waals surface area contributed by atoms with Gasteiger partial charge in [-0.3, -0.25) is 4.79 Å². The van der Waals surface area contributed by atoms with E-state index >= 15 is 0 Å². The molecule has 0 aliphatic carbocycles. The minimum atomic E-state index is -0.864. The third-order valence-corrected chi connectivity index (χ3v) is 2.98. The van der Waals surface area contributed by atoms with Crippen LogP contribution in [0.1, 0.15) is 32.8 Å². The molecular weight excluding hydrogens is 240 g/mol. The maximum Gasteiger partial charge on any atom is 0.222 e. The number of aryl methyl sites for hydroxylation is 1. The highest BCUT2D eigenvalue weighted by molar-refractivity contribution is 5.76. The van der Waals surface area contributed by atoms with Crippen LogP contribution < -0.4 is 5.73 Å². The Morgan fingerprint density at radius 3 is 2.53 bits per heavy atom. The number of anilines is 1. The maximum atomic E-state index is 12.1. The number of carbonyl (C=O) groups is 1. The van der Waals surface area contributed by atoms with Crippen molar-refractivity contribution in [3.63, 3.8) is 0 Å². The largest absolute Gasteiger partial charge is 0.399 e. The second-order valence-electron chi connectivity index (χ2n) is 5.42. The van der Waals surface area contributed by atoms with Gasteiger partial charge in [-0.2, -0.15) is 0 Å². The number of carbonyl (C=O) groups excluding carboxylic acids is 1. The van der Waals surface area contributed by atoms with Crippen molar-refractivity contribution in [3.05, 3.63) is 29.8 Å². The van der Waals surface area contributed by atoms with E-state index in [0.717, 1.165) is 11.3 Å². The number of nitrogens with zero attached hydrogens (tertiary/aromatic N) is 1. The van der Waals surface area contributed by atoms with E-state index < -0.39 is 5.60 Å². The zero-order valence-corrected chi connectivity index (χ0v) is 12.0. The number of nitrogens with two attached hydrogens (primary N) is 1. The van der Waals surface area contributed by atoms with E-state index in [1.54, 1.807) is 18.7 Å². The Labute approximate surface area is 115 Å². The van der Waals surface area contributed by atoms with E-state index in [-0.39, 0.29) is 5.91 Å². The van der Waals surface area contributed by atoms with Crippen LogP contribution in [0.2, 0.25) is 0 Å². The number of hydrogen-bond acceptors (Lipinski definition) is 3. The van der Waals surface area contributed by atoms with Crippen molar-refractivity contribution in [2.24, 2.45) is 0 Å². The molecule has 4 nitrogen and oxygen atoms in total. The molecular formula is C15H24N2O2. The summed E-state index contributed by atoms with van der Waals surface area (Å²) in [6.45, 7) is 6.29. The number of aliphatic hydroxyl groups is 1. The Balaban J connectivity index is 2.57. The summed E-state index contributed by atoms with van der Waals surface area (Å²) in [5, 5.41) is 9.78. The summed E-state index contributed by atoms with van der Waals surface area (Å²) in [6.07, 6.45) is 1.05. The zero-order chi connectivity index (χ0) is 14.5. The van der Waals surface area contributed by atoms with E-state index in [1.807, 2.05) is 31.2 Å². The summed E-state index contributed by atoms with van der Waals surface area (Å²) >= 11 is 0. The number of rotatable bonds is 6. The van der Waals surface area contributed by atoms with Crippen molar-refractivity contribution < 1.29 is 9.90 Å². The van der Waals surface area contributed by atoms with Crippen molar-refractivity contribution in [2.45, 2.75) is 39.2 Å². The summed E-state index contributed by atoms with van der Waals surface area (Å²) < 4.78 is 0. The van der Waals surface area contributed by atoms with Crippen molar-refractivity contribution in [1.29, 1.82) is 0 Å². The summed E-state index contributed by atoms with van der Waals surface area (Å²) in [5.41, 5.74) is 6.71. The molecule has 0 saturated heterocycles. The van der Waals surface area contributed by atoms with Gasteiger partial charge in [0.15, 0.2) is 0 Å². The lowest BCUT2D eigenvalue weighted by molar-refractivity contribution is -0.133. The molecule has 0 aromatic heterocycles. The SMILES string of the molecule is CCN(CC(C)(C)O)C(=O)CCc1ccccc1N. The van der Waals surface area contributed by atoms with E-state index in [1.165, 1.54) is 0 Å². The molecule has 1 aromatic carbocycles. The lowest BCUT2D eigenvalue weighted by Gasteiger charge is -2.28. The Hall–Kier alpha value is -1.55. The van der Waals surface area contributed by atoms with Crippen LogP contribution >= 0.6 is 0 Å². The predicted octanol–water partition coefficient (Wildman–Crippen LogP) is 1.82. The quantitative estimate of drug-likeness (QED) is 0.770. The Morgan fingerprint density at radius 1 is 1.37 bits per heavy atom. The molecule has 0 fully saturated rings. The van der Waals surface area contributed by atoms with Crippen molar-refractivity contribution >= 4 is 11.6 Å². The van der Waals surface area contributed by atoms with Gasteiger partial charge >= 0.3 is 0 Å². The molecule has 0 spiro atoms. The molecule has 0 heterocycles. The third-order valence-electron chi connectivity index (χ3n) is 2.98. The standard InChI is InChI=1S/C15H24N2O2/c1-4-17(11-15(2,3)19)14(18)10-9-12-7-5-6-8-13(12)16/h5-8,19H,4,9-11,16H2,1-3H3. The van der Waals surface area contributed by atoms with Crippen LogP contribution in [0.15, 0.2) is 24.3 Å². The molecule has 19 heavy (non-hydrogen) atoms. The highest BCUT2D eigenvalue weighted by Gasteiger charge is 2.21. The van der Waals surface area contributed by atoms with Crippen LogP contribution in [0.5, 0.6) is 0 Å². The lowest BCUT2D eigenvalue weighted by atomic mass is 10.1. The van der Waals surface area contributed by atoms with Gasteiger partial charge in [0.05, 0.1) is 5.60 Å². The maximum absolute atomic E-state index is 12.1. The van der Waals surface area contributed by atoms with E-state index in [0.29, 0.717) is 25.9 Å². The van der Waals surface area contributed by atoms with Crippen LogP contribution in [-0.4, -0.2) is 34.6 Å². The molecule has 0 saturated carbocycles. The first-order chi connectivity index (χ1) is 8.83. The van der Waals surface area contributed by atoms with Gasteiger partial charge in [-0.05, 0) is 38.8 Å². The first kappa shape index (κ1) is 15.5. The molecule has 1 rings (SSSR count). The second kappa shape index (κ2) is 6.57. The number of amides is 1. The molecule has 0 radical (unpaired) electrons. The van der Waals surface area contributed by atoms with Crippen LogP contribution in [0.25, 0.3) is 0 Å². The van der Waals surface area contributed by atoms with Crippen molar-refractivity contribution in [1.82, 2.24) is 4.90 Å². The molecule has 0 bridgehead atoms. The number of para-hydroxylation sites is 1. The van der Waals surface area contributed by atoms with Gasteiger partial charge in [0.25, 0.3) is 0 Å². The van der Waals surface area contributed by atoms with Gasteiger partial charge in [0, 0.05) is 25.2 Å². The molecule has 0 aliphatic rings. The van der Waals surface area contributed by atoms with Crippen LogP contribution in [0.4, 0.5) is 5.69 Å². The molecule has 0 aliphatic heterocycles. The Kier molecular flexibility index (Phi) is 5.36. The van der Waals surface area contributed by atoms with Gasteiger partial charge < -0.3 is 15.7 Å². The third kappa shape index (κ3) is 5.30. The van der Waals surface area contributed by atoms with Crippen molar-refractivity contribution in [3.8, 4) is 0 Å². The minimum Gasteiger partial charge on any atom is -0.399 e. The average Bonchev–Trinajstić information content (AvgIpc) is 2.33. The van der Waals surface area contributed by atoms with E-state index in [4.69, 9.17) is 5.73 Å². The van der Waals surface area contributed by atoms with Gasteiger partial charge in [0.1, 0.15) is 0 Å². The predicted molar refractivity (Wildman–Crippen MR) is 77.7 cm³/mol. The van der Waals surface area contributed by atoms with Gasteiger partial charge in [0.2, 0.25) is 5.91 Å². The number of hydrogen-bond donors (Lipinski definition) is 2. The van der Waals surface area contributed by atoms with Gasteiger partial charge in [-0.15, -0.1) is 0 Å². The van der Waals surface area contributed by atoms with Crippen LogP contribution in [-0.2, 0) is 11.2 Å². The average molecular weight is 264 g/mol. The van der Waals surface area contributed by atoms with Gasteiger partial charge in [-0.1, -0.05) is 18.2 Å². The highest BCUT2D eigenvalue weighted by Crippen LogP contribution is 2.14. The molecule has 0 atom stereocenters. The fourth-order valence-electron chi connectivity index (χ4n) is 2.00. The summed E-state index contributed by atoms with van der Waals surface area (Å²) in [6, 6.07) is 7.58. The lowest BCUT2D eigenvalue weighted by Crippen LogP contribution is -2.42. The molecule has 0 unspecified atom stereocenters. The Morgan fingerprint density at radius 2 is 2.00 bits per heavy atom. The van der Waals surface area contributed by atoms with Crippen LogP contribution in [0, 0.1) is 0 Å². The fourth-order valence-corrected chi connectivity index (χ4v) is 2.00. The molecule has 3 N–H and O–H groups in total. The first-order valence-electron chi connectivity index (χ1n) is 6.67. The highest BCUT2D eigenvalue weighted by atomic mass is 16.3. The molecule has 1 aromatic rings. The van der Waals surface area contributed by atoms with Crippen molar-refractivity contribution in [2.75, 3.05) is 18.8 Å². The smallest absolute Gasteiger partial charge is 0.222 e. The van der Waals surface area contributed by atoms with E-state index in [2.05, 4.69) is 0 Å². The fraction of sp³-hybridized carbons (Fsp3) is 0.533. The normalized spacial score (nSPS) is 11.4. The van der Waals surface area contributed by atoms with E-state index in [9.17, 15) is 9.90 Å². The molecule has 1 amide bonds. The molecule has 106 valence electrons. The topological polar surface area (TPSA) is 66.6 Å². The number of likely N-dealkylation sites (N-methyl/N-ethyl adjacent to an activating group) is 1. The summed E-state index contributed by atoms with van der Waals surface area (Å²) in [7, 11) is 0. The number of nitrogen functional groups attached to an aromatic ring is 1. The Bertz CT molecular complexity index is 424. The summed E-state index contributed by atoms with van der Waals surface area (Å²) in [5.74, 6) is 0.0490. The number of benzene rings is 1. The minimum absolute atomic E-state index is 0.0490. The first-order valence-corrected chi connectivity index (χ1v) is 6.67. The summed E-state index contributed by atoms with van der Waals surface area (Å²) in [4.78, 5) is 13.8. The van der Waals surface area contributed by atoms with Gasteiger partial charge in [-0.25, -0.2) is 0 Å². The monoisotopic (exact) mass is 264 g/mol. The molecule has 4 heteroatoms.